The maximum absolute atomic E-state index is 12.7. The molecule has 136 valence electrons. The van der Waals surface area contributed by atoms with Crippen LogP contribution in [-0.4, -0.2) is 38.7 Å². The van der Waals surface area contributed by atoms with Crippen molar-refractivity contribution in [3.63, 3.8) is 0 Å². The van der Waals surface area contributed by atoms with E-state index >= 15 is 0 Å². The molecule has 1 aliphatic heterocycles. The smallest absolute Gasteiger partial charge is 0.225 e. The minimum Gasteiger partial charge on any atom is -0.342 e. The van der Waals surface area contributed by atoms with Crippen LogP contribution in [0.15, 0.2) is 0 Å². The van der Waals surface area contributed by atoms with Gasteiger partial charge in [-0.1, -0.05) is 26.7 Å². The lowest BCUT2D eigenvalue weighted by Crippen LogP contribution is -2.41. The number of carbonyl (C=O) groups is 1. The van der Waals surface area contributed by atoms with Crippen LogP contribution in [0, 0.1) is 10.7 Å². The molecule has 1 fully saturated rings. The predicted octanol–water partition coefficient (Wildman–Crippen LogP) is 4.44. The summed E-state index contributed by atoms with van der Waals surface area (Å²) in [6, 6.07) is 0.310. The molecule has 0 aliphatic carbocycles. The first kappa shape index (κ1) is 19.2. The summed E-state index contributed by atoms with van der Waals surface area (Å²) < 4.78 is 2.82. The molecule has 0 bridgehead atoms. The molecule has 1 N–H and O–H groups in total. The third kappa shape index (κ3) is 4.26. The number of amides is 1. The quantitative estimate of drug-likeness (QED) is 0.738. The van der Waals surface area contributed by atoms with Gasteiger partial charge >= 0.3 is 0 Å². The molecule has 24 heavy (non-hydrogen) atoms. The van der Waals surface area contributed by atoms with E-state index in [-0.39, 0.29) is 5.92 Å². The highest BCUT2D eigenvalue weighted by molar-refractivity contribution is 7.71. The number of nitrogens with zero attached hydrogens (tertiary/aromatic N) is 3. The summed E-state index contributed by atoms with van der Waals surface area (Å²) in [5, 5.41) is 7.40. The Labute approximate surface area is 150 Å². The number of rotatable bonds is 7. The van der Waals surface area contributed by atoms with Crippen LogP contribution in [0.1, 0.15) is 84.0 Å². The van der Waals surface area contributed by atoms with Gasteiger partial charge in [-0.15, -0.1) is 0 Å². The van der Waals surface area contributed by atoms with Gasteiger partial charge in [-0.2, -0.15) is 5.10 Å². The minimum absolute atomic E-state index is 0.201. The molecule has 1 aromatic rings. The van der Waals surface area contributed by atoms with Crippen molar-refractivity contribution in [2.75, 3.05) is 13.1 Å². The summed E-state index contributed by atoms with van der Waals surface area (Å²) in [5.41, 5.74) is 0. The standard InChI is InChI=1S/C18H32N4OS/c1-5-7-8-14(6-2)17(23)21-11-9-15(10-12-21)16-19-20-18(24)22(16)13(3)4/h13-15H,5-12H2,1-4H3,(H,20,24). The van der Waals surface area contributed by atoms with Crippen molar-refractivity contribution >= 4 is 18.1 Å². The fourth-order valence-electron chi connectivity index (χ4n) is 3.67. The highest BCUT2D eigenvalue weighted by Crippen LogP contribution is 2.29. The van der Waals surface area contributed by atoms with Crippen molar-refractivity contribution in [3.05, 3.63) is 10.6 Å². The van der Waals surface area contributed by atoms with E-state index in [9.17, 15) is 4.79 Å². The van der Waals surface area contributed by atoms with Crippen LogP contribution in [0.2, 0.25) is 0 Å². The van der Waals surface area contributed by atoms with Gasteiger partial charge in [0.1, 0.15) is 5.82 Å². The van der Waals surface area contributed by atoms with Gasteiger partial charge in [-0.3, -0.25) is 9.89 Å². The van der Waals surface area contributed by atoms with Crippen molar-refractivity contribution in [1.82, 2.24) is 19.7 Å². The Morgan fingerprint density at radius 1 is 1.33 bits per heavy atom. The Hall–Kier alpha value is -1.17. The summed E-state index contributed by atoms with van der Waals surface area (Å²) in [7, 11) is 0. The SMILES string of the molecule is CCCCC(CC)C(=O)N1CCC(c2n[nH]c(=S)n2C(C)C)CC1. The number of aromatic nitrogens is 3. The lowest BCUT2D eigenvalue weighted by molar-refractivity contribution is -0.137. The molecule has 0 saturated carbocycles. The second-order valence-electron chi connectivity index (χ2n) is 7.20. The van der Waals surface area contributed by atoms with Crippen LogP contribution < -0.4 is 0 Å². The van der Waals surface area contributed by atoms with E-state index in [1.165, 1.54) is 0 Å². The number of nitrogens with one attached hydrogen (secondary N) is 1. The number of piperidine rings is 1. The summed E-state index contributed by atoms with van der Waals surface area (Å²) in [5.74, 6) is 2.00. The molecule has 1 saturated heterocycles. The molecular weight excluding hydrogens is 320 g/mol. The van der Waals surface area contributed by atoms with Crippen LogP contribution in [0.3, 0.4) is 0 Å². The zero-order chi connectivity index (χ0) is 17.7. The van der Waals surface area contributed by atoms with Crippen molar-refractivity contribution in [2.45, 2.75) is 78.2 Å². The largest absolute Gasteiger partial charge is 0.342 e. The van der Waals surface area contributed by atoms with E-state index in [1.54, 1.807) is 0 Å². The lowest BCUT2D eigenvalue weighted by atomic mass is 9.92. The van der Waals surface area contributed by atoms with Crippen LogP contribution in [0.25, 0.3) is 0 Å². The van der Waals surface area contributed by atoms with E-state index < -0.39 is 0 Å². The van der Waals surface area contributed by atoms with Crippen molar-refractivity contribution in [1.29, 1.82) is 0 Å². The summed E-state index contributed by atoms with van der Waals surface area (Å²) >= 11 is 5.35. The molecule has 2 rings (SSSR count). The van der Waals surface area contributed by atoms with Gasteiger partial charge in [-0.05, 0) is 51.7 Å². The molecule has 0 radical (unpaired) electrons. The fourth-order valence-corrected chi connectivity index (χ4v) is 4.02. The Balaban J connectivity index is 1.98. The first-order chi connectivity index (χ1) is 11.5. The Morgan fingerprint density at radius 2 is 2.00 bits per heavy atom. The third-order valence-corrected chi connectivity index (χ3v) is 5.46. The number of likely N-dealkylation sites (tertiary alicyclic amines) is 1. The average Bonchev–Trinajstić information content (AvgIpc) is 2.97. The van der Waals surface area contributed by atoms with Gasteiger partial charge < -0.3 is 9.47 Å². The Morgan fingerprint density at radius 3 is 2.54 bits per heavy atom. The van der Waals surface area contributed by atoms with E-state index in [2.05, 4.69) is 47.4 Å². The van der Waals surface area contributed by atoms with Gasteiger partial charge in [0.25, 0.3) is 0 Å². The highest BCUT2D eigenvalue weighted by atomic mass is 32.1. The molecule has 5 nitrogen and oxygen atoms in total. The van der Waals surface area contributed by atoms with E-state index in [0.717, 1.165) is 57.4 Å². The Kier molecular flexibility index (Phi) is 7.02. The number of H-pyrrole nitrogens is 1. The summed E-state index contributed by atoms with van der Waals surface area (Å²) in [4.78, 5) is 14.8. The summed E-state index contributed by atoms with van der Waals surface area (Å²) in [6.45, 7) is 10.3. The Bertz CT molecular complexity index is 584. The van der Waals surface area contributed by atoms with E-state index in [0.29, 0.717) is 22.6 Å². The molecule has 1 unspecified atom stereocenters. The maximum atomic E-state index is 12.7. The van der Waals surface area contributed by atoms with Gasteiger partial charge in [-0.25, -0.2) is 0 Å². The van der Waals surface area contributed by atoms with Gasteiger partial charge in [0.05, 0.1) is 0 Å². The number of unbranched alkanes of at least 4 members (excludes halogenated alkanes) is 1. The zero-order valence-electron chi connectivity index (χ0n) is 15.5. The van der Waals surface area contributed by atoms with E-state index in [4.69, 9.17) is 12.2 Å². The summed E-state index contributed by atoms with van der Waals surface area (Å²) in [6.07, 6.45) is 6.22. The topological polar surface area (TPSA) is 53.9 Å². The number of carbonyl (C=O) groups excluding carboxylic acids is 1. The molecule has 0 aromatic carbocycles. The van der Waals surface area contributed by atoms with Crippen LogP contribution >= 0.6 is 12.2 Å². The molecular formula is C18H32N4OS. The van der Waals surface area contributed by atoms with Gasteiger partial charge in [0.15, 0.2) is 4.77 Å². The first-order valence-electron chi connectivity index (χ1n) is 9.45. The molecule has 6 heteroatoms. The molecule has 0 spiro atoms. The normalized spacial score (nSPS) is 17.5. The second kappa shape index (κ2) is 8.79. The van der Waals surface area contributed by atoms with Gasteiger partial charge in [0.2, 0.25) is 5.91 Å². The van der Waals surface area contributed by atoms with Crippen LogP contribution in [0.5, 0.6) is 0 Å². The number of aromatic amines is 1. The average molecular weight is 353 g/mol. The second-order valence-corrected chi connectivity index (χ2v) is 7.58. The highest BCUT2D eigenvalue weighted by Gasteiger charge is 2.30. The van der Waals surface area contributed by atoms with Gasteiger partial charge in [0, 0.05) is 31.0 Å². The predicted molar refractivity (Wildman–Crippen MR) is 99.7 cm³/mol. The number of hydrogen-bond acceptors (Lipinski definition) is 3. The van der Waals surface area contributed by atoms with E-state index in [1.807, 2.05) is 0 Å². The fraction of sp³-hybridized carbons (Fsp3) is 0.833. The molecule has 1 atom stereocenters. The molecule has 1 amide bonds. The molecule has 1 aromatic heterocycles. The van der Waals surface area contributed by atoms with Crippen molar-refractivity contribution in [2.24, 2.45) is 5.92 Å². The molecule has 2 heterocycles. The zero-order valence-corrected chi connectivity index (χ0v) is 16.4. The van der Waals surface area contributed by atoms with Crippen LogP contribution in [-0.2, 0) is 4.79 Å². The van der Waals surface area contributed by atoms with Crippen molar-refractivity contribution < 1.29 is 4.79 Å². The minimum atomic E-state index is 0.201. The molecule has 1 aliphatic rings. The van der Waals surface area contributed by atoms with Crippen LogP contribution in [0.4, 0.5) is 0 Å². The van der Waals surface area contributed by atoms with Crippen molar-refractivity contribution in [3.8, 4) is 0 Å². The first-order valence-corrected chi connectivity index (χ1v) is 9.85. The third-order valence-electron chi connectivity index (χ3n) is 5.17. The monoisotopic (exact) mass is 352 g/mol. The number of hydrogen-bond donors (Lipinski definition) is 1. The maximum Gasteiger partial charge on any atom is 0.225 e. The lowest BCUT2D eigenvalue weighted by Gasteiger charge is -2.34.